The number of nitro groups is 1. The Bertz CT molecular complexity index is 1210. The summed E-state index contributed by atoms with van der Waals surface area (Å²) in [6, 6.07) is 11.5. The molecule has 2 aromatic heterocycles. The topological polar surface area (TPSA) is 94.2 Å². The third kappa shape index (κ3) is 4.39. The van der Waals surface area contributed by atoms with Crippen molar-refractivity contribution in [3.63, 3.8) is 0 Å². The molecule has 0 saturated heterocycles. The minimum atomic E-state index is -0.505. The number of carbonyl (C=O) groups is 1. The molecule has 8 nitrogen and oxygen atoms in total. The Balaban J connectivity index is 1.65. The van der Waals surface area contributed by atoms with Gasteiger partial charge in [0.05, 0.1) is 21.5 Å². The van der Waals surface area contributed by atoms with E-state index in [4.69, 9.17) is 0 Å². The van der Waals surface area contributed by atoms with Crippen molar-refractivity contribution in [3.8, 4) is 0 Å². The van der Waals surface area contributed by atoms with Gasteiger partial charge >= 0.3 is 0 Å². The molecular formula is C20H16BrN5O3S. The van der Waals surface area contributed by atoms with Gasteiger partial charge in [0.1, 0.15) is 0 Å². The molecule has 4 rings (SSSR count). The van der Waals surface area contributed by atoms with Crippen molar-refractivity contribution in [2.24, 2.45) is 0 Å². The van der Waals surface area contributed by atoms with Crippen molar-refractivity contribution in [1.29, 1.82) is 0 Å². The number of non-ortho nitro benzene ring substituents is 1. The predicted molar refractivity (Wildman–Crippen MR) is 119 cm³/mol. The van der Waals surface area contributed by atoms with Crippen molar-refractivity contribution < 1.29 is 9.72 Å². The molecule has 0 radical (unpaired) electrons. The molecule has 0 aliphatic heterocycles. The molecule has 0 unspecified atom stereocenters. The molecule has 0 atom stereocenters. The Hall–Kier alpha value is -3.11. The smallest absolute Gasteiger partial charge is 0.270 e. The van der Waals surface area contributed by atoms with Crippen LogP contribution in [0, 0.1) is 10.1 Å². The number of anilines is 1. The van der Waals surface area contributed by atoms with Gasteiger partial charge in [-0.1, -0.05) is 33.3 Å². The van der Waals surface area contributed by atoms with Gasteiger partial charge in [0.15, 0.2) is 5.13 Å². The average Bonchev–Trinajstić information content (AvgIpc) is 3.40. The Morgan fingerprint density at radius 1 is 1.27 bits per heavy atom. The van der Waals surface area contributed by atoms with E-state index in [1.807, 2.05) is 29.0 Å². The van der Waals surface area contributed by atoms with Crippen molar-refractivity contribution in [1.82, 2.24) is 14.5 Å². The summed E-state index contributed by atoms with van der Waals surface area (Å²) >= 11 is 4.87. The Morgan fingerprint density at radius 3 is 2.90 bits per heavy atom. The van der Waals surface area contributed by atoms with Gasteiger partial charge in [-0.05, 0) is 30.7 Å². The quantitative estimate of drug-likeness (QED) is 0.274. The summed E-state index contributed by atoms with van der Waals surface area (Å²) in [6.45, 7) is 1.11. The van der Waals surface area contributed by atoms with E-state index < -0.39 is 4.92 Å². The lowest BCUT2D eigenvalue weighted by molar-refractivity contribution is -0.384. The second-order valence-electron chi connectivity index (χ2n) is 6.53. The normalized spacial score (nSPS) is 11.0. The highest BCUT2D eigenvalue weighted by atomic mass is 79.9. The van der Waals surface area contributed by atoms with Gasteiger partial charge in [0, 0.05) is 47.7 Å². The molecule has 0 bridgehead atoms. The number of thiazole rings is 1. The molecular weight excluding hydrogens is 470 g/mol. The minimum absolute atomic E-state index is 0.118. The van der Waals surface area contributed by atoms with E-state index in [1.165, 1.54) is 29.5 Å². The van der Waals surface area contributed by atoms with E-state index in [9.17, 15) is 14.9 Å². The maximum absolute atomic E-state index is 13.3. The number of rotatable bonds is 7. The highest BCUT2D eigenvalue weighted by molar-refractivity contribution is 9.10. The first-order valence-electron chi connectivity index (χ1n) is 9.09. The molecule has 0 N–H and O–H groups in total. The maximum atomic E-state index is 13.3. The second kappa shape index (κ2) is 8.72. The molecule has 0 saturated carbocycles. The van der Waals surface area contributed by atoms with Gasteiger partial charge in [-0.25, -0.2) is 9.97 Å². The number of aromatic nitrogens is 3. The SMILES string of the molecule is O=C(c1cccc([N+](=O)[O-])c1)N(CCCn1ccnc1)c1nc2ccc(Br)cc2s1. The minimum Gasteiger partial charge on any atom is -0.337 e. The number of benzene rings is 2. The summed E-state index contributed by atoms with van der Waals surface area (Å²) in [7, 11) is 0. The van der Waals surface area contributed by atoms with Crippen molar-refractivity contribution in [3.05, 3.63) is 81.3 Å². The zero-order valence-electron chi connectivity index (χ0n) is 15.6. The standard InChI is InChI=1S/C20H16BrN5O3S/c21-15-5-6-17-18(12-15)30-20(23-17)25(9-2-8-24-10-7-22-13-24)19(27)14-3-1-4-16(11-14)26(28)29/h1,3-7,10-13H,2,8-9H2. The fourth-order valence-electron chi connectivity index (χ4n) is 3.02. The molecule has 1 amide bonds. The zero-order chi connectivity index (χ0) is 21.1. The third-order valence-corrected chi connectivity index (χ3v) is 6.01. The monoisotopic (exact) mass is 485 g/mol. The van der Waals surface area contributed by atoms with Crippen LogP contribution in [0.4, 0.5) is 10.8 Å². The maximum Gasteiger partial charge on any atom is 0.270 e. The molecule has 0 aliphatic carbocycles. The Morgan fingerprint density at radius 2 is 2.13 bits per heavy atom. The van der Waals surface area contributed by atoms with E-state index >= 15 is 0 Å². The molecule has 0 aliphatic rings. The van der Waals surface area contributed by atoms with E-state index in [0.29, 0.717) is 24.6 Å². The number of carbonyl (C=O) groups excluding carboxylic acids is 1. The number of halogens is 1. The number of fused-ring (bicyclic) bond motifs is 1. The number of imidazole rings is 1. The lowest BCUT2D eigenvalue weighted by Gasteiger charge is -2.20. The Labute approximate surface area is 184 Å². The predicted octanol–water partition coefficient (Wildman–Crippen LogP) is 4.90. The molecule has 0 spiro atoms. The van der Waals surface area contributed by atoms with Crippen LogP contribution >= 0.6 is 27.3 Å². The average molecular weight is 486 g/mol. The largest absolute Gasteiger partial charge is 0.337 e. The summed E-state index contributed by atoms with van der Waals surface area (Å²) in [6.07, 6.45) is 5.97. The van der Waals surface area contributed by atoms with Gasteiger partial charge in [-0.15, -0.1) is 0 Å². The molecule has 4 aromatic rings. The Kier molecular flexibility index (Phi) is 5.86. The van der Waals surface area contributed by atoms with Gasteiger partial charge in [-0.2, -0.15) is 0 Å². The molecule has 2 heterocycles. The second-order valence-corrected chi connectivity index (χ2v) is 8.45. The van der Waals surface area contributed by atoms with Crippen LogP contribution in [-0.4, -0.2) is 31.9 Å². The number of amides is 1. The van der Waals surface area contributed by atoms with E-state index in [0.717, 1.165) is 14.7 Å². The number of nitrogens with zero attached hydrogens (tertiary/aromatic N) is 5. The summed E-state index contributed by atoms with van der Waals surface area (Å²) in [5.41, 5.74) is 0.935. The third-order valence-electron chi connectivity index (χ3n) is 4.48. The summed E-state index contributed by atoms with van der Waals surface area (Å²) in [4.78, 5) is 34.2. The van der Waals surface area contributed by atoms with Gasteiger partial charge in [0.2, 0.25) is 0 Å². The fourth-order valence-corrected chi connectivity index (χ4v) is 4.57. The zero-order valence-corrected chi connectivity index (χ0v) is 18.0. The van der Waals surface area contributed by atoms with Gasteiger partial charge in [-0.3, -0.25) is 19.8 Å². The number of aryl methyl sites for hydroxylation is 1. The highest BCUT2D eigenvalue weighted by Gasteiger charge is 2.22. The van der Waals surface area contributed by atoms with E-state index in [2.05, 4.69) is 25.9 Å². The summed E-state index contributed by atoms with van der Waals surface area (Å²) in [5.74, 6) is -0.317. The van der Waals surface area contributed by atoms with Crippen LogP contribution < -0.4 is 4.90 Å². The number of hydrogen-bond acceptors (Lipinski definition) is 6. The van der Waals surface area contributed by atoms with Gasteiger partial charge < -0.3 is 4.57 Å². The van der Waals surface area contributed by atoms with Crippen LogP contribution in [0.2, 0.25) is 0 Å². The first-order valence-corrected chi connectivity index (χ1v) is 10.7. The highest BCUT2D eigenvalue weighted by Crippen LogP contribution is 2.32. The molecule has 30 heavy (non-hydrogen) atoms. The molecule has 10 heteroatoms. The lowest BCUT2D eigenvalue weighted by atomic mass is 10.1. The van der Waals surface area contributed by atoms with Crippen LogP contribution in [-0.2, 0) is 6.54 Å². The van der Waals surface area contributed by atoms with E-state index in [1.54, 1.807) is 23.5 Å². The van der Waals surface area contributed by atoms with Crippen molar-refractivity contribution >= 4 is 54.2 Å². The summed E-state index contributed by atoms with van der Waals surface area (Å²) < 4.78 is 3.82. The van der Waals surface area contributed by atoms with Crippen LogP contribution in [0.5, 0.6) is 0 Å². The fraction of sp³-hybridized carbons (Fsp3) is 0.150. The van der Waals surface area contributed by atoms with Crippen LogP contribution in [0.3, 0.4) is 0 Å². The van der Waals surface area contributed by atoms with Crippen molar-refractivity contribution in [2.45, 2.75) is 13.0 Å². The number of hydrogen-bond donors (Lipinski definition) is 0. The lowest BCUT2D eigenvalue weighted by Crippen LogP contribution is -2.32. The van der Waals surface area contributed by atoms with E-state index in [-0.39, 0.29) is 17.2 Å². The van der Waals surface area contributed by atoms with Crippen LogP contribution in [0.1, 0.15) is 16.8 Å². The molecule has 2 aromatic carbocycles. The molecule has 152 valence electrons. The summed E-state index contributed by atoms with van der Waals surface area (Å²) in [5, 5.41) is 11.7. The first kappa shape index (κ1) is 20.2. The van der Waals surface area contributed by atoms with Gasteiger partial charge in [0.25, 0.3) is 11.6 Å². The first-order chi connectivity index (χ1) is 14.5. The molecule has 0 fully saturated rings. The van der Waals surface area contributed by atoms with Crippen LogP contribution in [0.25, 0.3) is 10.2 Å². The van der Waals surface area contributed by atoms with Crippen molar-refractivity contribution in [2.75, 3.05) is 11.4 Å². The number of nitro benzene ring substituents is 1. The van der Waals surface area contributed by atoms with Crippen LogP contribution in [0.15, 0.2) is 65.7 Å².